The second kappa shape index (κ2) is 9.28. The Hall–Kier alpha value is -2.90. The van der Waals surface area contributed by atoms with Crippen LogP contribution >= 0.6 is 23.2 Å². The van der Waals surface area contributed by atoms with E-state index >= 15 is 0 Å². The molecule has 2 aromatic carbocycles. The molecule has 0 aromatic heterocycles. The molecule has 0 radical (unpaired) electrons. The molecule has 9 heteroatoms. The number of ether oxygens (including phenoxy) is 3. The zero-order valence-electron chi connectivity index (χ0n) is 16.5. The normalized spacial score (nSPS) is 15.9. The number of halogens is 2. The van der Waals surface area contributed by atoms with Gasteiger partial charge in [-0.25, -0.2) is 9.59 Å². The molecule has 3 rings (SSSR count). The minimum atomic E-state index is -0.702. The molecule has 158 valence electrons. The Morgan fingerprint density at radius 1 is 1.10 bits per heavy atom. The van der Waals surface area contributed by atoms with Crippen LogP contribution in [0.3, 0.4) is 0 Å². The summed E-state index contributed by atoms with van der Waals surface area (Å²) in [7, 11) is 2.78. The molecule has 0 saturated carbocycles. The van der Waals surface area contributed by atoms with Crippen LogP contribution in [0, 0.1) is 0 Å². The maximum absolute atomic E-state index is 12.3. The fourth-order valence-electron chi connectivity index (χ4n) is 3.13. The number of carbonyl (C=O) groups excluding carboxylic acids is 2. The van der Waals surface area contributed by atoms with E-state index in [1.54, 1.807) is 43.3 Å². The first-order valence-corrected chi connectivity index (χ1v) is 9.71. The third kappa shape index (κ3) is 4.47. The van der Waals surface area contributed by atoms with Crippen molar-refractivity contribution in [2.45, 2.75) is 19.6 Å². The van der Waals surface area contributed by atoms with Gasteiger partial charge < -0.3 is 24.8 Å². The number of benzene rings is 2. The highest BCUT2D eigenvalue weighted by molar-refractivity contribution is 6.35. The van der Waals surface area contributed by atoms with E-state index < -0.39 is 18.0 Å². The lowest BCUT2D eigenvalue weighted by Crippen LogP contribution is -2.45. The van der Waals surface area contributed by atoms with Crippen molar-refractivity contribution in [1.29, 1.82) is 0 Å². The van der Waals surface area contributed by atoms with E-state index in [1.807, 2.05) is 0 Å². The van der Waals surface area contributed by atoms with Gasteiger partial charge in [-0.3, -0.25) is 0 Å². The Kier molecular flexibility index (Phi) is 6.74. The number of urea groups is 1. The van der Waals surface area contributed by atoms with Gasteiger partial charge in [-0.15, -0.1) is 0 Å². The first-order chi connectivity index (χ1) is 14.3. The van der Waals surface area contributed by atoms with Crippen molar-refractivity contribution >= 4 is 35.2 Å². The number of rotatable bonds is 6. The number of esters is 1. The number of hydrogen-bond acceptors (Lipinski definition) is 5. The summed E-state index contributed by atoms with van der Waals surface area (Å²) in [6, 6.07) is 9.21. The number of allylic oxidation sites excluding steroid dienone is 1. The SMILES string of the molecule is COC(=O)C1=C(C)NC(=O)NC1c1ccc(OCc2c(Cl)cccc2Cl)c(OC)c1. The van der Waals surface area contributed by atoms with Crippen LogP contribution in [0.4, 0.5) is 4.79 Å². The van der Waals surface area contributed by atoms with Crippen LogP contribution < -0.4 is 20.1 Å². The van der Waals surface area contributed by atoms with Gasteiger partial charge in [0.05, 0.1) is 25.8 Å². The van der Waals surface area contributed by atoms with Gasteiger partial charge in [0.25, 0.3) is 0 Å². The predicted molar refractivity (Wildman–Crippen MR) is 113 cm³/mol. The molecule has 0 aliphatic carbocycles. The van der Waals surface area contributed by atoms with E-state index in [9.17, 15) is 9.59 Å². The Labute approximate surface area is 183 Å². The summed E-state index contributed by atoms with van der Waals surface area (Å²) in [6.45, 7) is 1.78. The summed E-state index contributed by atoms with van der Waals surface area (Å²) in [5.41, 5.74) is 2.01. The van der Waals surface area contributed by atoms with Crippen molar-refractivity contribution in [2.75, 3.05) is 14.2 Å². The molecule has 7 nitrogen and oxygen atoms in total. The molecule has 2 amide bonds. The molecule has 1 aliphatic rings. The Balaban J connectivity index is 1.90. The second-order valence-electron chi connectivity index (χ2n) is 6.46. The van der Waals surface area contributed by atoms with Crippen LogP contribution in [0.2, 0.25) is 10.0 Å². The molecule has 30 heavy (non-hydrogen) atoms. The van der Waals surface area contributed by atoms with Gasteiger partial charge in [0.1, 0.15) is 6.61 Å². The van der Waals surface area contributed by atoms with Crippen LogP contribution in [0.15, 0.2) is 47.7 Å². The maximum atomic E-state index is 12.3. The third-order valence-corrected chi connectivity index (χ3v) is 5.34. The average Bonchev–Trinajstić information content (AvgIpc) is 2.72. The number of methoxy groups -OCH3 is 2. The number of carbonyl (C=O) groups is 2. The standard InChI is InChI=1S/C21H20Cl2N2O5/c1-11-18(20(26)29-3)19(25-21(27)24-11)12-7-8-16(17(9-12)28-2)30-10-13-14(22)5-4-6-15(13)23/h4-9,19H,10H2,1-3H3,(H2,24,25,27). The smallest absolute Gasteiger partial charge is 0.337 e. The van der Waals surface area contributed by atoms with Crippen molar-refractivity contribution in [3.8, 4) is 11.5 Å². The lowest BCUT2D eigenvalue weighted by atomic mass is 9.95. The summed E-state index contributed by atoms with van der Waals surface area (Å²) < 4.78 is 16.2. The van der Waals surface area contributed by atoms with Crippen LogP contribution in [0.1, 0.15) is 24.1 Å². The minimum Gasteiger partial charge on any atom is -0.493 e. The molecule has 0 saturated heterocycles. The number of hydrogen-bond donors (Lipinski definition) is 2. The van der Waals surface area contributed by atoms with Crippen LogP contribution in [0.25, 0.3) is 0 Å². The molecule has 2 N–H and O–H groups in total. The maximum Gasteiger partial charge on any atom is 0.337 e. The Morgan fingerprint density at radius 3 is 2.43 bits per heavy atom. The quantitative estimate of drug-likeness (QED) is 0.637. The number of amides is 2. The lowest BCUT2D eigenvalue weighted by molar-refractivity contribution is -0.136. The molecule has 1 aliphatic heterocycles. The summed E-state index contributed by atoms with van der Waals surface area (Å²) in [4.78, 5) is 24.2. The van der Waals surface area contributed by atoms with Crippen molar-refractivity contribution in [3.05, 3.63) is 68.8 Å². The summed E-state index contributed by atoms with van der Waals surface area (Å²) in [6.07, 6.45) is 0. The van der Waals surface area contributed by atoms with Crippen molar-refractivity contribution in [3.63, 3.8) is 0 Å². The van der Waals surface area contributed by atoms with Gasteiger partial charge in [0.2, 0.25) is 0 Å². The lowest BCUT2D eigenvalue weighted by Gasteiger charge is -2.28. The van der Waals surface area contributed by atoms with E-state index in [0.717, 1.165) is 0 Å². The highest BCUT2D eigenvalue weighted by atomic mass is 35.5. The van der Waals surface area contributed by atoms with Crippen LogP contribution in [-0.4, -0.2) is 26.2 Å². The molecular formula is C21H20Cl2N2O5. The largest absolute Gasteiger partial charge is 0.493 e. The topological polar surface area (TPSA) is 85.9 Å². The van der Waals surface area contributed by atoms with E-state index in [-0.39, 0.29) is 6.61 Å². The molecule has 0 spiro atoms. The van der Waals surface area contributed by atoms with Gasteiger partial charge in [0.15, 0.2) is 11.5 Å². The van der Waals surface area contributed by atoms with E-state index in [2.05, 4.69) is 10.6 Å². The van der Waals surface area contributed by atoms with Gasteiger partial charge in [-0.05, 0) is 36.8 Å². The van der Waals surface area contributed by atoms with Gasteiger partial charge in [-0.1, -0.05) is 35.3 Å². The first-order valence-electron chi connectivity index (χ1n) is 8.96. The fourth-order valence-corrected chi connectivity index (χ4v) is 3.63. The van der Waals surface area contributed by atoms with E-state index in [4.69, 9.17) is 37.4 Å². The molecule has 0 fully saturated rings. The highest BCUT2D eigenvalue weighted by Gasteiger charge is 2.32. The van der Waals surface area contributed by atoms with Crippen molar-refractivity contribution < 1.29 is 23.8 Å². The molecular weight excluding hydrogens is 431 g/mol. The van der Waals surface area contributed by atoms with E-state index in [1.165, 1.54) is 14.2 Å². The fraction of sp³-hybridized carbons (Fsp3) is 0.238. The molecule has 2 aromatic rings. The summed E-state index contributed by atoms with van der Waals surface area (Å²) >= 11 is 12.4. The van der Waals surface area contributed by atoms with Gasteiger partial charge in [0, 0.05) is 21.3 Å². The van der Waals surface area contributed by atoms with Crippen molar-refractivity contribution in [2.24, 2.45) is 0 Å². The molecule has 1 atom stereocenters. The number of nitrogens with one attached hydrogen (secondary N) is 2. The minimum absolute atomic E-state index is 0.144. The Bertz CT molecular complexity index is 1000. The molecule has 1 unspecified atom stereocenters. The predicted octanol–water partition coefficient (Wildman–Crippen LogP) is 4.38. The average molecular weight is 451 g/mol. The van der Waals surface area contributed by atoms with Crippen molar-refractivity contribution in [1.82, 2.24) is 10.6 Å². The summed E-state index contributed by atoms with van der Waals surface area (Å²) in [5, 5.41) is 6.31. The Morgan fingerprint density at radius 2 is 1.80 bits per heavy atom. The van der Waals surface area contributed by atoms with Gasteiger partial charge >= 0.3 is 12.0 Å². The second-order valence-corrected chi connectivity index (χ2v) is 7.28. The van der Waals surface area contributed by atoms with Crippen LogP contribution in [-0.2, 0) is 16.1 Å². The zero-order chi connectivity index (χ0) is 21.8. The zero-order valence-corrected chi connectivity index (χ0v) is 18.1. The third-order valence-electron chi connectivity index (χ3n) is 4.63. The first kappa shape index (κ1) is 21.8. The monoisotopic (exact) mass is 450 g/mol. The van der Waals surface area contributed by atoms with Crippen LogP contribution in [0.5, 0.6) is 11.5 Å². The van der Waals surface area contributed by atoms with Gasteiger partial charge in [-0.2, -0.15) is 0 Å². The molecule has 1 heterocycles. The highest BCUT2D eigenvalue weighted by Crippen LogP contribution is 2.35. The van der Waals surface area contributed by atoms with E-state index in [0.29, 0.717) is 43.9 Å². The summed E-state index contributed by atoms with van der Waals surface area (Å²) in [5.74, 6) is 0.334. The molecule has 0 bridgehead atoms.